The van der Waals surface area contributed by atoms with Gasteiger partial charge < -0.3 is 9.47 Å². The summed E-state index contributed by atoms with van der Waals surface area (Å²) in [7, 11) is 0. The Kier molecular flexibility index (Phi) is 26.2. The average Bonchev–Trinajstić information content (AvgIpc) is 2.84. The summed E-state index contributed by atoms with van der Waals surface area (Å²) in [5, 5.41) is 0. The Morgan fingerprint density at radius 2 is 0.583 bits per heavy atom. The van der Waals surface area contributed by atoms with Gasteiger partial charge >= 0.3 is 11.9 Å². The van der Waals surface area contributed by atoms with Crippen LogP contribution >= 0.6 is 0 Å². The lowest BCUT2D eigenvalue weighted by atomic mass is 10.0. The molecule has 0 saturated carbocycles. The number of carbonyl (C=O) groups is 2. The molecule has 0 aromatic heterocycles. The minimum absolute atomic E-state index is 0.0235. The predicted octanol–water partition coefficient (Wildman–Crippen LogP) is 9.97. The molecule has 0 amide bonds. The smallest absolute Gasteiger partial charge is 0.305 e. The van der Waals surface area contributed by atoms with Gasteiger partial charge in [-0.25, -0.2) is 0 Å². The van der Waals surface area contributed by atoms with Crippen LogP contribution in [0.5, 0.6) is 0 Å². The highest BCUT2D eigenvalue weighted by atomic mass is 16.5. The van der Waals surface area contributed by atoms with Crippen molar-refractivity contribution in [1.82, 2.24) is 0 Å². The number of hydrogen-bond acceptors (Lipinski definition) is 4. The molecule has 0 saturated heterocycles. The molecule has 0 radical (unpaired) electrons. The van der Waals surface area contributed by atoms with Gasteiger partial charge in [-0.1, -0.05) is 143 Å². The number of carbonyl (C=O) groups excluding carboxylic acids is 2. The molecule has 0 bridgehead atoms. The summed E-state index contributed by atoms with van der Waals surface area (Å²) in [6.45, 7) is 9.39. The second-order valence-corrected chi connectivity index (χ2v) is 11.7. The molecule has 0 aliphatic carbocycles. The van der Waals surface area contributed by atoms with E-state index in [1.807, 2.05) is 0 Å². The van der Waals surface area contributed by atoms with Gasteiger partial charge in [-0.15, -0.1) is 0 Å². The van der Waals surface area contributed by atoms with Crippen LogP contribution in [0.25, 0.3) is 0 Å². The van der Waals surface area contributed by atoms with E-state index in [9.17, 15) is 9.59 Å². The zero-order valence-electron chi connectivity index (χ0n) is 24.8. The van der Waals surface area contributed by atoms with Crippen molar-refractivity contribution in [2.24, 2.45) is 11.8 Å². The summed E-state index contributed by atoms with van der Waals surface area (Å²) in [5.41, 5.74) is 0. The van der Waals surface area contributed by atoms with Gasteiger partial charge in [-0.2, -0.15) is 0 Å². The van der Waals surface area contributed by atoms with Gasteiger partial charge in [0.05, 0.1) is 13.2 Å². The van der Waals surface area contributed by atoms with Crippen molar-refractivity contribution in [3.63, 3.8) is 0 Å². The molecular formula is C32H62O4. The summed E-state index contributed by atoms with van der Waals surface area (Å²) < 4.78 is 10.4. The van der Waals surface area contributed by atoms with E-state index < -0.39 is 0 Å². The van der Waals surface area contributed by atoms with Crippen molar-refractivity contribution in [2.45, 2.75) is 169 Å². The van der Waals surface area contributed by atoms with Crippen LogP contribution in [0.1, 0.15) is 169 Å². The van der Waals surface area contributed by atoms with E-state index in [1.54, 1.807) is 0 Å². The maximum atomic E-state index is 11.6. The minimum Gasteiger partial charge on any atom is -0.465 e. The highest BCUT2D eigenvalue weighted by Gasteiger charge is 2.05. The Morgan fingerprint density at radius 1 is 0.389 bits per heavy atom. The predicted molar refractivity (Wildman–Crippen MR) is 153 cm³/mol. The standard InChI is InChI=1S/C32H62O4/c1-29(2)27-35-31(33)25-23-21-19-17-15-13-11-9-7-5-6-8-10-12-14-16-18-20-22-24-26-32(34)36-28-30(3)4/h29-30H,5-28H2,1-4H3. The van der Waals surface area contributed by atoms with E-state index in [-0.39, 0.29) is 11.9 Å². The molecule has 0 N–H and O–H groups in total. The third kappa shape index (κ3) is 29.2. The topological polar surface area (TPSA) is 52.6 Å². The molecule has 0 spiro atoms. The average molecular weight is 511 g/mol. The van der Waals surface area contributed by atoms with E-state index >= 15 is 0 Å². The van der Waals surface area contributed by atoms with Crippen LogP contribution in [0.15, 0.2) is 0 Å². The molecule has 4 nitrogen and oxygen atoms in total. The van der Waals surface area contributed by atoms with Gasteiger partial charge in [0.1, 0.15) is 0 Å². The van der Waals surface area contributed by atoms with Gasteiger partial charge in [0.25, 0.3) is 0 Å². The summed E-state index contributed by atoms with van der Waals surface area (Å²) in [5.74, 6) is 0.808. The van der Waals surface area contributed by atoms with Crippen molar-refractivity contribution in [3.05, 3.63) is 0 Å². The van der Waals surface area contributed by atoms with Crippen molar-refractivity contribution in [2.75, 3.05) is 13.2 Å². The summed E-state index contributed by atoms with van der Waals surface area (Å²) >= 11 is 0. The van der Waals surface area contributed by atoms with Gasteiger partial charge in [0, 0.05) is 12.8 Å². The monoisotopic (exact) mass is 510 g/mol. The molecule has 0 aliphatic rings. The number of hydrogen-bond donors (Lipinski definition) is 0. The lowest BCUT2D eigenvalue weighted by Crippen LogP contribution is -2.09. The van der Waals surface area contributed by atoms with E-state index in [4.69, 9.17) is 9.47 Å². The molecule has 0 atom stereocenters. The first-order valence-electron chi connectivity index (χ1n) is 15.7. The van der Waals surface area contributed by atoms with E-state index in [2.05, 4.69) is 27.7 Å². The third-order valence-corrected chi connectivity index (χ3v) is 6.67. The first-order valence-corrected chi connectivity index (χ1v) is 15.7. The van der Waals surface area contributed by atoms with Gasteiger partial charge in [-0.05, 0) is 24.7 Å². The van der Waals surface area contributed by atoms with Gasteiger partial charge in [0.2, 0.25) is 0 Å². The van der Waals surface area contributed by atoms with Crippen LogP contribution in [-0.4, -0.2) is 25.2 Å². The van der Waals surface area contributed by atoms with Crippen molar-refractivity contribution in [1.29, 1.82) is 0 Å². The normalized spacial score (nSPS) is 11.4. The molecule has 0 rings (SSSR count). The van der Waals surface area contributed by atoms with E-state index in [1.165, 1.54) is 103 Å². The van der Waals surface area contributed by atoms with Crippen molar-refractivity contribution in [3.8, 4) is 0 Å². The first-order chi connectivity index (χ1) is 17.4. The number of esters is 2. The lowest BCUT2D eigenvalue weighted by molar-refractivity contribution is -0.145. The quantitative estimate of drug-likeness (QED) is 0.0814. The second kappa shape index (κ2) is 27.0. The summed E-state index contributed by atoms with van der Waals surface area (Å²) in [6.07, 6.45) is 27.3. The largest absolute Gasteiger partial charge is 0.465 e. The van der Waals surface area contributed by atoms with Crippen LogP contribution in [0, 0.1) is 11.8 Å². The summed E-state index contributed by atoms with van der Waals surface area (Å²) in [4.78, 5) is 23.1. The van der Waals surface area contributed by atoms with Crippen LogP contribution in [0.2, 0.25) is 0 Å². The van der Waals surface area contributed by atoms with Crippen LogP contribution in [0.4, 0.5) is 0 Å². The Balaban J connectivity index is 3.14. The van der Waals surface area contributed by atoms with E-state index in [0.717, 1.165) is 25.7 Å². The van der Waals surface area contributed by atoms with Gasteiger partial charge in [-0.3, -0.25) is 9.59 Å². The molecule has 0 aliphatic heterocycles. The van der Waals surface area contributed by atoms with Gasteiger partial charge in [0.15, 0.2) is 0 Å². The second-order valence-electron chi connectivity index (χ2n) is 11.7. The first kappa shape index (κ1) is 34.9. The maximum Gasteiger partial charge on any atom is 0.305 e. The zero-order valence-corrected chi connectivity index (χ0v) is 24.8. The number of ether oxygens (including phenoxy) is 2. The summed E-state index contributed by atoms with van der Waals surface area (Å²) in [6, 6.07) is 0. The highest BCUT2D eigenvalue weighted by molar-refractivity contribution is 5.69. The molecule has 0 heterocycles. The van der Waals surface area contributed by atoms with Crippen LogP contribution in [-0.2, 0) is 19.1 Å². The van der Waals surface area contributed by atoms with E-state index in [0.29, 0.717) is 37.9 Å². The Bertz CT molecular complexity index is 443. The molecule has 0 fully saturated rings. The number of rotatable bonds is 27. The minimum atomic E-state index is -0.0235. The molecule has 36 heavy (non-hydrogen) atoms. The van der Waals surface area contributed by atoms with Crippen molar-refractivity contribution < 1.29 is 19.1 Å². The van der Waals surface area contributed by atoms with Crippen molar-refractivity contribution >= 4 is 11.9 Å². The molecule has 0 aromatic rings. The number of unbranched alkanes of at least 4 members (excludes halogenated alkanes) is 19. The SMILES string of the molecule is CC(C)COC(=O)CCCCCCCCCCCCCCCCCCCCCCC(=O)OCC(C)C. The Hall–Kier alpha value is -1.06. The fraction of sp³-hybridized carbons (Fsp3) is 0.938. The molecule has 0 unspecified atom stereocenters. The maximum absolute atomic E-state index is 11.6. The Morgan fingerprint density at radius 3 is 0.778 bits per heavy atom. The molecule has 0 aromatic carbocycles. The molecule has 4 heteroatoms. The van der Waals surface area contributed by atoms with Crippen LogP contribution < -0.4 is 0 Å². The fourth-order valence-electron chi connectivity index (χ4n) is 4.38. The molecule has 214 valence electrons. The highest BCUT2D eigenvalue weighted by Crippen LogP contribution is 2.15. The molecular weight excluding hydrogens is 448 g/mol. The Labute approximate surface area is 225 Å². The fourth-order valence-corrected chi connectivity index (χ4v) is 4.38. The van der Waals surface area contributed by atoms with Crippen LogP contribution in [0.3, 0.4) is 0 Å². The zero-order chi connectivity index (χ0) is 26.7. The third-order valence-electron chi connectivity index (χ3n) is 6.67. The lowest BCUT2D eigenvalue weighted by Gasteiger charge is -2.07.